The number of hydrogen-bond acceptors (Lipinski definition) is 6. The van der Waals surface area contributed by atoms with Gasteiger partial charge >= 0.3 is 0 Å². The maximum Gasteiger partial charge on any atom is 0.241 e. The Morgan fingerprint density at radius 2 is 0.417 bits per heavy atom. The lowest BCUT2D eigenvalue weighted by atomic mass is 10.1. The molecule has 16 aromatic rings. The summed E-state index contributed by atoms with van der Waals surface area (Å²) in [5, 5.41) is 6.73. The normalized spacial score (nSPS) is 11.6. The van der Waals surface area contributed by atoms with Crippen molar-refractivity contribution in [3.63, 3.8) is 0 Å². The molecule has 9 nitrogen and oxygen atoms in total. The first-order valence-corrected chi connectivity index (χ1v) is 28.3. The summed E-state index contributed by atoms with van der Waals surface area (Å²) < 4.78 is 7.04. The monoisotopic (exact) mass is 1080 g/mol. The van der Waals surface area contributed by atoms with Crippen LogP contribution >= 0.6 is 0 Å². The van der Waals surface area contributed by atoms with E-state index in [1.54, 1.807) is 0 Å². The smallest absolute Gasteiger partial charge is 0.241 e. The van der Waals surface area contributed by atoms with E-state index in [0.29, 0.717) is 17.8 Å². The number of fused-ring (bicyclic) bond motifs is 9. The van der Waals surface area contributed by atoms with E-state index >= 15 is 0 Å². The van der Waals surface area contributed by atoms with Gasteiger partial charge in [0.15, 0.2) is 0 Å². The number of anilines is 9. The van der Waals surface area contributed by atoms with Crippen LogP contribution < -0.4 is 14.7 Å². The summed E-state index contributed by atoms with van der Waals surface area (Å²) in [4.78, 5) is 23.7. The Kier molecular flexibility index (Phi) is 11.6. The molecule has 0 aliphatic heterocycles. The van der Waals surface area contributed by atoms with Gasteiger partial charge in [0.1, 0.15) is 0 Å². The van der Waals surface area contributed by atoms with Crippen molar-refractivity contribution < 1.29 is 0 Å². The summed E-state index contributed by atoms with van der Waals surface area (Å²) in [7, 11) is 0. The van der Waals surface area contributed by atoms with Crippen molar-refractivity contribution >= 4 is 117 Å². The fraction of sp³-hybridized carbons (Fsp3) is 0. The third-order valence-electron chi connectivity index (χ3n) is 16.0. The standard InChI is InChI=1S/C75H51N9/c1-7-25-52(26-8-1)79(58-43-46-70-64(49-58)61-37-19-22-40-67(61)82(70)55-31-13-4-14-32-55)73-76-74(80(53-27-9-2-10-28-53)59-44-47-71-65(50-59)62-38-20-23-41-68(62)83(71)56-33-15-5-16-34-56)78-75(77-73)81(54-29-11-3-12-30-54)60-45-48-72-66(51-60)63-39-21-24-42-69(63)84(72)57-35-17-6-18-36-57/h1-51H. The quantitative estimate of drug-likeness (QED) is 0.121. The largest absolute Gasteiger partial charge is 0.309 e. The average molecular weight is 1080 g/mol. The van der Waals surface area contributed by atoms with Crippen LogP contribution in [-0.4, -0.2) is 28.7 Å². The van der Waals surface area contributed by atoms with Gasteiger partial charge in [-0.15, -0.1) is 0 Å². The maximum atomic E-state index is 5.72. The lowest BCUT2D eigenvalue weighted by molar-refractivity contribution is 0.963. The van der Waals surface area contributed by atoms with Crippen molar-refractivity contribution in [1.82, 2.24) is 28.7 Å². The molecule has 0 amide bonds. The molecule has 0 aliphatic carbocycles. The molecule has 4 heterocycles. The van der Waals surface area contributed by atoms with E-state index in [0.717, 1.165) is 117 Å². The Bertz CT molecular complexity index is 4560. The van der Waals surface area contributed by atoms with Crippen molar-refractivity contribution in [2.24, 2.45) is 0 Å². The van der Waals surface area contributed by atoms with Crippen LogP contribution in [0, 0.1) is 0 Å². The molecule has 9 heteroatoms. The molecule has 396 valence electrons. The first-order chi connectivity index (χ1) is 41.7. The van der Waals surface area contributed by atoms with Crippen LogP contribution in [0.1, 0.15) is 0 Å². The predicted octanol–water partition coefficient (Wildman–Crippen LogP) is 19.6. The highest BCUT2D eigenvalue weighted by Gasteiger charge is 2.28. The van der Waals surface area contributed by atoms with Gasteiger partial charge in [-0.25, -0.2) is 0 Å². The molecule has 0 saturated carbocycles. The molecule has 4 aromatic heterocycles. The van der Waals surface area contributed by atoms with E-state index in [1.165, 1.54) is 0 Å². The molecule has 0 spiro atoms. The van der Waals surface area contributed by atoms with Crippen LogP contribution in [0.5, 0.6) is 0 Å². The Hall–Kier alpha value is -11.6. The van der Waals surface area contributed by atoms with E-state index in [4.69, 9.17) is 15.0 Å². The first kappa shape index (κ1) is 48.4. The van der Waals surface area contributed by atoms with E-state index in [2.05, 4.69) is 320 Å². The SMILES string of the molecule is c1ccc(N(c2ccc3c(c2)c2ccccc2n3-c2ccccc2)c2nc(N(c3ccccc3)c3ccc4c(c3)c3ccccc3n4-c3ccccc3)nc(N(c3ccccc3)c3ccc4c(c3)c3ccccc3n4-c3ccccc3)n2)cc1. The van der Waals surface area contributed by atoms with Gasteiger partial charge < -0.3 is 13.7 Å². The molecule has 0 fully saturated rings. The Balaban J connectivity index is 0.972. The molecule has 0 aliphatic rings. The summed E-state index contributed by atoms with van der Waals surface area (Å²) in [6, 6.07) is 109. The van der Waals surface area contributed by atoms with Crippen molar-refractivity contribution in [3.8, 4) is 17.1 Å². The molecular formula is C75H51N9. The minimum atomic E-state index is 0.428. The van der Waals surface area contributed by atoms with Crippen molar-refractivity contribution in [2.45, 2.75) is 0 Å². The second-order valence-electron chi connectivity index (χ2n) is 20.9. The highest BCUT2D eigenvalue weighted by Crippen LogP contribution is 2.45. The number of benzene rings is 12. The number of aromatic nitrogens is 6. The lowest BCUT2D eigenvalue weighted by Gasteiger charge is -2.30. The summed E-state index contributed by atoms with van der Waals surface area (Å²) in [6.45, 7) is 0. The lowest BCUT2D eigenvalue weighted by Crippen LogP contribution is -2.22. The van der Waals surface area contributed by atoms with Gasteiger partial charge in [0.25, 0.3) is 0 Å². The maximum absolute atomic E-state index is 5.72. The molecule has 84 heavy (non-hydrogen) atoms. The number of para-hydroxylation sites is 9. The molecule has 12 aromatic carbocycles. The fourth-order valence-corrected chi connectivity index (χ4v) is 12.4. The van der Waals surface area contributed by atoms with Gasteiger partial charge in [-0.3, -0.25) is 14.7 Å². The second kappa shape index (κ2) is 20.2. The van der Waals surface area contributed by atoms with Crippen molar-refractivity contribution in [3.05, 3.63) is 309 Å². The van der Waals surface area contributed by atoms with Crippen molar-refractivity contribution in [2.75, 3.05) is 14.7 Å². The van der Waals surface area contributed by atoms with E-state index < -0.39 is 0 Å². The van der Waals surface area contributed by atoms with E-state index in [-0.39, 0.29) is 0 Å². The van der Waals surface area contributed by atoms with Gasteiger partial charge in [-0.05, 0) is 146 Å². The van der Waals surface area contributed by atoms with Crippen LogP contribution in [0.15, 0.2) is 309 Å². The Morgan fingerprint density at radius 3 is 0.690 bits per heavy atom. The van der Waals surface area contributed by atoms with Crippen LogP contribution in [0.3, 0.4) is 0 Å². The number of rotatable bonds is 12. The summed E-state index contributed by atoms with van der Waals surface area (Å²) in [6.07, 6.45) is 0. The second-order valence-corrected chi connectivity index (χ2v) is 20.9. The van der Waals surface area contributed by atoms with E-state index in [1.807, 2.05) is 18.2 Å². The van der Waals surface area contributed by atoms with Crippen LogP contribution in [-0.2, 0) is 0 Å². The van der Waals surface area contributed by atoms with Crippen LogP contribution in [0.2, 0.25) is 0 Å². The van der Waals surface area contributed by atoms with Gasteiger partial charge in [-0.2, -0.15) is 15.0 Å². The van der Waals surface area contributed by atoms with Gasteiger partial charge in [0.05, 0.1) is 33.1 Å². The summed E-state index contributed by atoms with van der Waals surface area (Å²) in [5.74, 6) is 1.29. The molecular weight excluding hydrogens is 1030 g/mol. The zero-order valence-electron chi connectivity index (χ0n) is 45.5. The van der Waals surface area contributed by atoms with Crippen LogP contribution in [0.4, 0.5) is 52.0 Å². The fourth-order valence-electron chi connectivity index (χ4n) is 12.4. The highest BCUT2D eigenvalue weighted by molar-refractivity contribution is 6.13. The minimum absolute atomic E-state index is 0.428. The topological polar surface area (TPSA) is 63.2 Å². The molecule has 0 N–H and O–H groups in total. The highest BCUT2D eigenvalue weighted by atomic mass is 15.4. The van der Waals surface area contributed by atoms with E-state index in [9.17, 15) is 0 Å². The van der Waals surface area contributed by atoms with Crippen LogP contribution in [0.25, 0.3) is 82.5 Å². The molecule has 0 saturated heterocycles. The molecule has 0 radical (unpaired) electrons. The third-order valence-corrected chi connectivity index (χ3v) is 16.0. The summed E-state index contributed by atoms with van der Waals surface area (Å²) in [5.41, 5.74) is 15.2. The molecule has 0 atom stereocenters. The van der Waals surface area contributed by atoms with Gasteiger partial charge in [0, 0.05) is 83.5 Å². The Labute approximate surface area is 484 Å². The minimum Gasteiger partial charge on any atom is -0.309 e. The molecule has 0 bridgehead atoms. The first-order valence-electron chi connectivity index (χ1n) is 28.3. The number of nitrogens with zero attached hydrogens (tertiary/aromatic N) is 9. The number of hydrogen-bond donors (Lipinski definition) is 0. The molecule has 0 unspecified atom stereocenters. The summed E-state index contributed by atoms with van der Waals surface area (Å²) >= 11 is 0. The average Bonchev–Trinajstić information content (AvgIpc) is 3.19. The zero-order valence-corrected chi connectivity index (χ0v) is 45.5. The molecule has 16 rings (SSSR count). The zero-order chi connectivity index (χ0) is 55.5. The van der Waals surface area contributed by atoms with Gasteiger partial charge in [-0.1, -0.05) is 164 Å². The van der Waals surface area contributed by atoms with Crippen molar-refractivity contribution in [1.29, 1.82) is 0 Å². The van der Waals surface area contributed by atoms with Gasteiger partial charge in [0.2, 0.25) is 17.8 Å². The predicted molar refractivity (Wildman–Crippen MR) is 347 cm³/mol. The Morgan fingerprint density at radius 1 is 0.190 bits per heavy atom. The third kappa shape index (κ3) is 8.13.